The summed E-state index contributed by atoms with van der Waals surface area (Å²) in [6.07, 6.45) is 2.73. The summed E-state index contributed by atoms with van der Waals surface area (Å²) >= 11 is 3.28. The molecule has 118 valence electrons. The van der Waals surface area contributed by atoms with Crippen molar-refractivity contribution in [2.24, 2.45) is 0 Å². The van der Waals surface area contributed by atoms with Crippen molar-refractivity contribution < 1.29 is 13.9 Å². The van der Waals surface area contributed by atoms with Crippen LogP contribution in [0.4, 0.5) is 4.79 Å². The van der Waals surface area contributed by atoms with Gasteiger partial charge in [0.2, 0.25) is 0 Å². The molecule has 2 rings (SSSR count). The monoisotopic (exact) mass is 358 g/mol. The van der Waals surface area contributed by atoms with Gasteiger partial charge in [-0.25, -0.2) is 4.79 Å². The summed E-state index contributed by atoms with van der Waals surface area (Å²) in [5, 5.41) is 6.36. The summed E-state index contributed by atoms with van der Waals surface area (Å²) in [6.45, 7) is 6.96. The fourth-order valence-corrected chi connectivity index (χ4v) is 2.68. The smallest absolute Gasteiger partial charge is 0.408 e. The molecule has 0 atom stereocenters. The number of halogens is 1. The van der Waals surface area contributed by atoms with Crippen molar-refractivity contribution >= 4 is 22.0 Å². The van der Waals surface area contributed by atoms with Crippen LogP contribution in [0.5, 0.6) is 0 Å². The van der Waals surface area contributed by atoms with E-state index in [2.05, 4.69) is 26.6 Å². The molecule has 1 amide bonds. The lowest BCUT2D eigenvalue weighted by Gasteiger charge is -2.42. The Labute approximate surface area is 133 Å². The van der Waals surface area contributed by atoms with Crippen LogP contribution in [-0.4, -0.2) is 23.8 Å². The highest BCUT2D eigenvalue weighted by Gasteiger charge is 2.39. The second-order valence-corrected chi connectivity index (χ2v) is 7.35. The molecule has 1 heterocycles. The minimum atomic E-state index is -0.469. The average Bonchev–Trinajstić information content (AvgIpc) is 2.69. The van der Waals surface area contributed by atoms with E-state index in [4.69, 9.17) is 9.15 Å². The first kappa shape index (κ1) is 16.4. The third-order valence-corrected chi connectivity index (χ3v) is 3.89. The van der Waals surface area contributed by atoms with Crippen molar-refractivity contribution in [3.05, 3.63) is 22.6 Å². The van der Waals surface area contributed by atoms with Crippen molar-refractivity contribution in [3.8, 4) is 0 Å². The summed E-state index contributed by atoms with van der Waals surface area (Å²) in [5.41, 5.74) is -0.658. The molecule has 0 spiro atoms. The van der Waals surface area contributed by atoms with Gasteiger partial charge in [-0.15, -0.1) is 0 Å². The molecule has 5 nitrogen and oxygen atoms in total. The molecular weight excluding hydrogens is 336 g/mol. The lowest BCUT2D eigenvalue weighted by molar-refractivity contribution is 0.0382. The lowest BCUT2D eigenvalue weighted by Crippen LogP contribution is -2.59. The van der Waals surface area contributed by atoms with Crippen molar-refractivity contribution in [3.63, 3.8) is 0 Å². The second kappa shape index (κ2) is 6.40. The Morgan fingerprint density at radius 3 is 2.62 bits per heavy atom. The van der Waals surface area contributed by atoms with Gasteiger partial charge < -0.3 is 19.8 Å². The van der Waals surface area contributed by atoms with Gasteiger partial charge >= 0.3 is 6.09 Å². The fourth-order valence-electron chi connectivity index (χ4n) is 2.34. The third kappa shape index (κ3) is 5.04. The van der Waals surface area contributed by atoms with Gasteiger partial charge in [0, 0.05) is 6.54 Å². The zero-order chi connectivity index (χ0) is 15.5. The highest BCUT2D eigenvalue weighted by Crippen LogP contribution is 2.31. The van der Waals surface area contributed by atoms with Gasteiger partial charge in [-0.2, -0.15) is 0 Å². The van der Waals surface area contributed by atoms with Gasteiger partial charge in [-0.1, -0.05) is 0 Å². The van der Waals surface area contributed by atoms with Crippen LogP contribution in [0, 0.1) is 0 Å². The maximum absolute atomic E-state index is 11.9. The van der Waals surface area contributed by atoms with Crippen LogP contribution in [0.25, 0.3) is 0 Å². The number of ether oxygens (including phenoxy) is 1. The number of hydrogen-bond acceptors (Lipinski definition) is 4. The van der Waals surface area contributed by atoms with Crippen LogP contribution < -0.4 is 10.6 Å². The van der Waals surface area contributed by atoms with E-state index in [1.165, 1.54) is 0 Å². The van der Waals surface area contributed by atoms with Crippen molar-refractivity contribution in [1.82, 2.24) is 10.6 Å². The molecule has 0 aliphatic heterocycles. The number of carbonyl (C=O) groups is 1. The molecule has 1 aromatic rings. The number of hydrogen-bond donors (Lipinski definition) is 2. The van der Waals surface area contributed by atoms with Crippen LogP contribution in [0.1, 0.15) is 45.8 Å². The minimum absolute atomic E-state index is 0.188. The van der Waals surface area contributed by atoms with E-state index >= 15 is 0 Å². The number of amides is 1. The van der Waals surface area contributed by atoms with Crippen molar-refractivity contribution in [2.45, 2.75) is 57.7 Å². The van der Waals surface area contributed by atoms with Gasteiger partial charge in [0.15, 0.2) is 4.67 Å². The van der Waals surface area contributed by atoms with Crippen LogP contribution in [0.3, 0.4) is 0 Å². The predicted octanol–water partition coefficient (Wildman–Crippen LogP) is 3.58. The molecule has 0 bridgehead atoms. The number of rotatable bonds is 5. The molecule has 0 aromatic carbocycles. The van der Waals surface area contributed by atoms with E-state index < -0.39 is 5.60 Å². The van der Waals surface area contributed by atoms with E-state index in [1.54, 1.807) is 0 Å². The van der Waals surface area contributed by atoms with Crippen LogP contribution >= 0.6 is 15.9 Å². The van der Waals surface area contributed by atoms with Gasteiger partial charge in [-0.3, -0.25) is 0 Å². The third-order valence-electron chi connectivity index (χ3n) is 3.47. The summed E-state index contributed by atoms with van der Waals surface area (Å²) in [4.78, 5) is 11.9. The first-order chi connectivity index (χ1) is 9.78. The first-order valence-corrected chi connectivity index (χ1v) is 8.03. The summed E-state index contributed by atoms with van der Waals surface area (Å²) in [6, 6.07) is 3.79. The van der Waals surface area contributed by atoms with Crippen molar-refractivity contribution in [1.29, 1.82) is 0 Å². The van der Waals surface area contributed by atoms with E-state index in [-0.39, 0.29) is 11.6 Å². The molecule has 0 unspecified atom stereocenters. The Kier molecular flexibility index (Phi) is 4.99. The van der Waals surface area contributed by atoms with Crippen molar-refractivity contribution in [2.75, 3.05) is 6.54 Å². The fraction of sp³-hybridized carbons (Fsp3) is 0.667. The molecule has 0 radical (unpaired) electrons. The number of nitrogens with one attached hydrogen (secondary N) is 2. The summed E-state index contributed by atoms with van der Waals surface area (Å²) in [7, 11) is 0. The van der Waals surface area contributed by atoms with Crippen LogP contribution in [-0.2, 0) is 11.3 Å². The zero-order valence-corrected chi connectivity index (χ0v) is 14.4. The molecule has 1 aliphatic rings. The molecule has 21 heavy (non-hydrogen) atoms. The SMILES string of the molecule is CC(C)(C)OC(=O)NC1(CNCc2ccc(Br)o2)CCC1. The van der Waals surface area contributed by atoms with Crippen LogP contribution in [0.2, 0.25) is 0 Å². The maximum atomic E-state index is 11.9. The Bertz CT molecular complexity index is 489. The molecular formula is C15H23BrN2O3. The molecule has 6 heteroatoms. The number of carbonyl (C=O) groups excluding carboxylic acids is 1. The minimum Gasteiger partial charge on any atom is -0.453 e. The number of furan rings is 1. The standard InChI is InChI=1S/C15H23BrN2O3/c1-14(2,3)21-13(19)18-15(7-4-8-15)10-17-9-11-5-6-12(16)20-11/h5-6,17H,4,7-10H2,1-3H3,(H,18,19). The largest absolute Gasteiger partial charge is 0.453 e. The Balaban J connectivity index is 1.80. The Hall–Kier alpha value is -1.01. The second-order valence-electron chi connectivity index (χ2n) is 6.57. The zero-order valence-electron chi connectivity index (χ0n) is 12.8. The summed E-state index contributed by atoms with van der Waals surface area (Å²) in [5.74, 6) is 0.869. The molecule has 1 saturated carbocycles. The topological polar surface area (TPSA) is 63.5 Å². The predicted molar refractivity (Wildman–Crippen MR) is 84.1 cm³/mol. The highest BCUT2D eigenvalue weighted by molar-refractivity contribution is 9.10. The van der Waals surface area contributed by atoms with E-state index in [0.29, 0.717) is 13.1 Å². The van der Waals surface area contributed by atoms with E-state index in [0.717, 1.165) is 29.7 Å². The quantitative estimate of drug-likeness (QED) is 0.844. The Morgan fingerprint density at radius 2 is 2.14 bits per heavy atom. The van der Waals surface area contributed by atoms with Crippen LogP contribution in [0.15, 0.2) is 21.2 Å². The Morgan fingerprint density at radius 1 is 1.43 bits per heavy atom. The molecule has 1 fully saturated rings. The molecule has 2 N–H and O–H groups in total. The summed E-state index contributed by atoms with van der Waals surface area (Å²) < 4.78 is 11.5. The van der Waals surface area contributed by atoms with Gasteiger partial charge in [-0.05, 0) is 68.1 Å². The van der Waals surface area contributed by atoms with E-state index in [1.807, 2.05) is 32.9 Å². The maximum Gasteiger partial charge on any atom is 0.408 e. The molecule has 1 aromatic heterocycles. The first-order valence-electron chi connectivity index (χ1n) is 7.24. The normalized spacial score (nSPS) is 17.1. The number of alkyl carbamates (subject to hydrolysis) is 1. The highest BCUT2D eigenvalue weighted by atomic mass is 79.9. The van der Waals surface area contributed by atoms with Gasteiger partial charge in [0.05, 0.1) is 12.1 Å². The van der Waals surface area contributed by atoms with Gasteiger partial charge in [0.1, 0.15) is 11.4 Å². The van der Waals surface area contributed by atoms with Gasteiger partial charge in [0.25, 0.3) is 0 Å². The van der Waals surface area contributed by atoms with E-state index in [9.17, 15) is 4.79 Å². The molecule has 1 aliphatic carbocycles. The average molecular weight is 359 g/mol. The molecule has 0 saturated heterocycles. The lowest BCUT2D eigenvalue weighted by atomic mass is 9.76.